The van der Waals surface area contributed by atoms with Gasteiger partial charge in [-0.2, -0.15) is 13.2 Å². The van der Waals surface area contributed by atoms with Gasteiger partial charge in [-0.1, -0.05) is 42.5 Å². The molecule has 2 aromatic carbocycles. The number of aliphatic hydroxyl groups excluding tert-OH is 1. The molecule has 1 amide bonds. The third kappa shape index (κ3) is 7.38. The minimum Gasteiger partial charge on any atom is -0.387 e. The summed E-state index contributed by atoms with van der Waals surface area (Å²) in [6.07, 6.45) is -5.34. The molecule has 1 unspecified atom stereocenters. The number of amides is 1. The molecule has 0 radical (unpaired) electrons. The van der Waals surface area contributed by atoms with E-state index in [2.05, 4.69) is 10.8 Å². The summed E-state index contributed by atoms with van der Waals surface area (Å²) in [5.41, 5.74) is 2.54. The van der Waals surface area contributed by atoms with Gasteiger partial charge in [-0.3, -0.25) is 9.63 Å². The van der Waals surface area contributed by atoms with Crippen molar-refractivity contribution in [3.05, 3.63) is 71.3 Å². The first kappa shape index (κ1) is 20.9. The van der Waals surface area contributed by atoms with Gasteiger partial charge in [0.2, 0.25) is 5.91 Å². The summed E-state index contributed by atoms with van der Waals surface area (Å²) < 4.78 is 38.0. The van der Waals surface area contributed by atoms with E-state index >= 15 is 0 Å². The molecule has 0 bridgehead atoms. The van der Waals surface area contributed by atoms with Crippen LogP contribution in [0.5, 0.6) is 0 Å². The third-order valence-electron chi connectivity index (χ3n) is 3.71. The zero-order chi connectivity index (χ0) is 19.7. The van der Waals surface area contributed by atoms with Crippen LogP contribution in [0.3, 0.4) is 0 Å². The van der Waals surface area contributed by atoms with Crippen LogP contribution < -0.4 is 10.8 Å². The van der Waals surface area contributed by atoms with Crippen LogP contribution in [-0.4, -0.2) is 30.7 Å². The van der Waals surface area contributed by atoms with E-state index in [-0.39, 0.29) is 31.0 Å². The highest BCUT2D eigenvalue weighted by Gasteiger charge is 2.30. The summed E-state index contributed by atoms with van der Waals surface area (Å²) in [4.78, 5) is 16.7. The molecule has 3 N–H and O–H groups in total. The fourth-order valence-corrected chi connectivity index (χ4v) is 2.35. The summed E-state index contributed by atoms with van der Waals surface area (Å²) in [6, 6.07) is 13.8. The fraction of sp³-hybridized carbons (Fsp3) is 0.316. The Balaban J connectivity index is 1.63. The number of nitrogens with one attached hydrogen (secondary N) is 2. The number of hydrogen-bond donors (Lipinski definition) is 3. The van der Waals surface area contributed by atoms with Gasteiger partial charge in [0.1, 0.15) is 0 Å². The number of alkyl halides is 3. The van der Waals surface area contributed by atoms with Gasteiger partial charge in [-0.05, 0) is 23.3 Å². The van der Waals surface area contributed by atoms with Crippen molar-refractivity contribution < 1.29 is 27.9 Å². The van der Waals surface area contributed by atoms with Crippen molar-refractivity contribution in [2.24, 2.45) is 0 Å². The molecule has 0 fully saturated rings. The molecular weight excluding hydrogens is 361 g/mol. The third-order valence-corrected chi connectivity index (χ3v) is 3.71. The lowest BCUT2D eigenvalue weighted by Crippen LogP contribution is -2.31. The van der Waals surface area contributed by atoms with Gasteiger partial charge in [0.15, 0.2) is 0 Å². The summed E-state index contributed by atoms with van der Waals surface area (Å²) in [5.74, 6) is -0.287. The molecule has 0 aliphatic heterocycles. The van der Waals surface area contributed by atoms with Crippen LogP contribution in [-0.2, 0) is 22.2 Å². The van der Waals surface area contributed by atoms with E-state index in [0.717, 1.165) is 17.7 Å². The molecule has 5 nitrogen and oxygen atoms in total. The summed E-state index contributed by atoms with van der Waals surface area (Å²) in [7, 11) is 0. The first-order chi connectivity index (χ1) is 12.9. The molecular formula is C19H21F3N2O3. The maximum atomic E-state index is 12.7. The molecule has 27 heavy (non-hydrogen) atoms. The topological polar surface area (TPSA) is 70.6 Å². The highest BCUT2D eigenvalue weighted by Crippen LogP contribution is 2.30. The molecule has 0 saturated heterocycles. The molecule has 0 aliphatic carbocycles. The molecule has 146 valence electrons. The standard InChI is InChI=1S/C19H21F3N2O3/c20-19(21,22)16-8-4-7-15(12-16)17(25)13-23-9-10-27-24-18(26)11-14-5-2-1-3-6-14/h1-8,12,17,23,25H,9-11,13H2,(H,24,26). The minimum absolute atomic E-state index is 0.0582. The zero-order valence-electron chi connectivity index (χ0n) is 14.5. The van der Waals surface area contributed by atoms with Crippen molar-refractivity contribution >= 4 is 5.91 Å². The van der Waals surface area contributed by atoms with Crippen molar-refractivity contribution in [2.75, 3.05) is 19.7 Å². The second kappa shape index (κ2) is 10.1. The smallest absolute Gasteiger partial charge is 0.387 e. The Hall–Kier alpha value is -2.42. The number of hydroxylamine groups is 1. The number of hydrogen-bond acceptors (Lipinski definition) is 4. The minimum atomic E-state index is -4.45. The Kier molecular flexibility index (Phi) is 7.78. The quantitative estimate of drug-likeness (QED) is 0.461. The molecule has 0 aliphatic rings. The Morgan fingerprint density at radius 2 is 1.85 bits per heavy atom. The number of aliphatic hydroxyl groups is 1. The largest absolute Gasteiger partial charge is 0.416 e. The molecule has 0 heterocycles. The first-order valence-electron chi connectivity index (χ1n) is 8.37. The average Bonchev–Trinajstić information content (AvgIpc) is 2.64. The Bertz CT molecular complexity index is 724. The van der Waals surface area contributed by atoms with Gasteiger partial charge in [0, 0.05) is 13.1 Å². The summed E-state index contributed by atoms with van der Waals surface area (Å²) in [5, 5.41) is 12.8. The van der Waals surface area contributed by atoms with E-state index in [1.165, 1.54) is 12.1 Å². The second-order valence-electron chi connectivity index (χ2n) is 5.88. The molecule has 0 saturated carbocycles. The van der Waals surface area contributed by atoms with Crippen LogP contribution in [0.15, 0.2) is 54.6 Å². The Morgan fingerprint density at radius 3 is 2.56 bits per heavy atom. The Morgan fingerprint density at radius 1 is 1.11 bits per heavy atom. The molecule has 8 heteroatoms. The highest BCUT2D eigenvalue weighted by molar-refractivity contribution is 5.77. The fourth-order valence-electron chi connectivity index (χ4n) is 2.35. The lowest BCUT2D eigenvalue weighted by Gasteiger charge is -2.14. The number of halogens is 3. The van der Waals surface area contributed by atoms with Gasteiger partial charge in [-0.15, -0.1) is 0 Å². The molecule has 2 rings (SSSR count). The molecule has 1 atom stereocenters. The van der Waals surface area contributed by atoms with Gasteiger partial charge in [0.25, 0.3) is 0 Å². The van der Waals surface area contributed by atoms with Crippen LogP contribution in [0.4, 0.5) is 13.2 Å². The first-order valence-corrected chi connectivity index (χ1v) is 8.37. The van der Waals surface area contributed by atoms with E-state index < -0.39 is 17.8 Å². The summed E-state index contributed by atoms with van der Waals surface area (Å²) in [6.45, 7) is 0.514. The number of carbonyl (C=O) groups excluding carboxylic acids is 1. The lowest BCUT2D eigenvalue weighted by atomic mass is 10.1. The monoisotopic (exact) mass is 382 g/mol. The predicted molar refractivity (Wildman–Crippen MR) is 93.5 cm³/mol. The van der Waals surface area contributed by atoms with Gasteiger partial charge < -0.3 is 10.4 Å². The number of benzene rings is 2. The predicted octanol–water partition coefficient (Wildman–Crippen LogP) is 2.62. The lowest BCUT2D eigenvalue weighted by molar-refractivity contribution is -0.137. The van der Waals surface area contributed by atoms with E-state index in [1.54, 1.807) is 0 Å². The van der Waals surface area contributed by atoms with E-state index in [4.69, 9.17) is 4.84 Å². The van der Waals surface area contributed by atoms with Crippen molar-refractivity contribution in [1.82, 2.24) is 10.8 Å². The van der Waals surface area contributed by atoms with Crippen LogP contribution in [0, 0.1) is 0 Å². The van der Waals surface area contributed by atoms with Crippen LogP contribution in [0.1, 0.15) is 22.8 Å². The van der Waals surface area contributed by atoms with Crippen molar-refractivity contribution in [1.29, 1.82) is 0 Å². The highest BCUT2D eigenvalue weighted by atomic mass is 19.4. The molecule has 0 spiro atoms. The van der Waals surface area contributed by atoms with Crippen LogP contribution in [0.2, 0.25) is 0 Å². The zero-order valence-corrected chi connectivity index (χ0v) is 14.5. The molecule has 2 aromatic rings. The Labute approximate surface area is 155 Å². The molecule has 0 aromatic heterocycles. The van der Waals surface area contributed by atoms with Gasteiger partial charge >= 0.3 is 6.18 Å². The second-order valence-corrected chi connectivity index (χ2v) is 5.88. The number of rotatable bonds is 9. The van der Waals surface area contributed by atoms with Crippen molar-refractivity contribution in [3.63, 3.8) is 0 Å². The van der Waals surface area contributed by atoms with E-state index in [0.29, 0.717) is 6.54 Å². The van der Waals surface area contributed by atoms with Crippen LogP contribution in [0.25, 0.3) is 0 Å². The summed E-state index contributed by atoms with van der Waals surface area (Å²) >= 11 is 0. The van der Waals surface area contributed by atoms with Crippen molar-refractivity contribution in [2.45, 2.75) is 18.7 Å². The maximum absolute atomic E-state index is 12.7. The van der Waals surface area contributed by atoms with Crippen LogP contribution >= 0.6 is 0 Å². The van der Waals surface area contributed by atoms with E-state index in [9.17, 15) is 23.1 Å². The SMILES string of the molecule is O=C(Cc1ccccc1)NOCCNCC(O)c1cccc(C(F)(F)F)c1. The van der Waals surface area contributed by atoms with Gasteiger partial charge in [-0.25, -0.2) is 5.48 Å². The normalized spacial score (nSPS) is 12.6. The van der Waals surface area contributed by atoms with Crippen molar-refractivity contribution in [3.8, 4) is 0 Å². The number of carbonyl (C=O) groups is 1. The van der Waals surface area contributed by atoms with Gasteiger partial charge in [0.05, 0.1) is 24.7 Å². The average molecular weight is 382 g/mol. The maximum Gasteiger partial charge on any atom is 0.416 e. The van der Waals surface area contributed by atoms with E-state index in [1.807, 2.05) is 30.3 Å².